The van der Waals surface area contributed by atoms with Crippen molar-refractivity contribution in [1.29, 1.82) is 0 Å². The van der Waals surface area contributed by atoms with Crippen molar-refractivity contribution in [3.05, 3.63) is 62.9 Å². The van der Waals surface area contributed by atoms with Crippen LogP contribution in [0.3, 0.4) is 0 Å². The minimum Gasteiger partial charge on any atom is -0.465 e. The van der Waals surface area contributed by atoms with Gasteiger partial charge in [0.25, 0.3) is 0 Å². The maximum absolute atomic E-state index is 12.2. The van der Waals surface area contributed by atoms with E-state index in [4.69, 9.17) is 11.6 Å². The van der Waals surface area contributed by atoms with Crippen molar-refractivity contribution < 1.29 is 14.3 Å². The van der Waals surface area contributed by atoms with Crippen LogP contribution in [0.5, 0.6) is 0 Å². The second-order valence-electron chi connectivity index (χ2n) is 5.53. The van der Waals surface area contributed by atoms with Crippen molar-refractivity contribution in [3.63, 3.8) is 0 Å². The van der Waals surface area contributed by atoms with Gasteiger partial charge in [0.05, 0.1) is 29.1 Å². The van der Waals surface area contributed by atoms with Gasteiger partial charge in [0.1, 0.15) is 0 Å². The highest BCUT2D eigenvalue weighted by molar-refractivity contribution is 9.10. The number of nitrogens with one attached hydrogen (secondary N) is 1. The van der Waals surface area contributed by atoms with Gasteiger partial charge >= 0.3 is 5.97 Å². The molecule has 0 radical (unpaired) electrons. The number of nitrogens with zero attached hydrogens (tertiary/aromatic N) is 1. The molecular weight excluding hydrogens is 484 g/mol. The van der Waals surface area contributed by atoms with Crippen LogP contribution in [0, 0.1) is 0 Å². The summed E-state index contributed by atoms with van der Waals surface area (Å²) in [7, 11) is 1.27. The summed E-state index contributed by atoms with van der Waals surface area (Å²) in [4.78, 5) is 28.5. The lowest BCUT2D eigenvalue weighted by Crippen LogP contribution is -2.14. The van der Waals surface area contributed by atoms with E-state index in [-0.39, 0.29) is 22.2 Å². The summed E-state index contributed by atoms with van der Waals surface area (Å²) >= 11 is 12.2. The van der Waals surface area contributed by atoms with E-state index in [0.29, 0.717) is 5.69 Å². The zero-order valence-electron chi connectivity index (χ0n) is 14.6. The SMILES string of the molecule is COC(=O)c1cc(NC(=O)CSc2nc(-c3ccc(Br)cc3)cs2)ccc1Cl. The third-order valence-electron chi connectivity index (χ3n) is 3.61. The number of methoxy groups -OCH3 is 1. The van der Waals surface area contributed by atoms with Crippen molar-refractivity contribution in [2.75, 3.05) is 18.2 Å². The number of halogens is 2. The zero-order chi connectivity index (χ0) is 20.1. The van der Waals surface area contributed by atoms with Gasteiger partial charge in [0.15, 0.2) is 4.34 Å². The first-order valence-corrected chi connectivity index (χ1v) is 11.0. The summed E-state index contributed by atoms with van der Waals surface area (Å²) in [5, 5.41) is 4.98. The molecule has 0 fully saturated rings. The monoisotopic (exact) mass is 496 g/mol. The number of amides is 1. The maximum atomic E-state index is 12.2. The Bertz CT molecular complexity index is 1010. The molecule has 1 amide bonds. The van der Waals surface area contributed by atoms with Gasteiger partial charge in [-0.2, -0.15) is 0 Å². The fraction of sp³-hybridized carbons (Fsp3) is 0.105. The summed E-state index contributed by atoms with van der Waals surface area (Å²) in [6, 6.07) is 12.6. The topological polar surface area (TPSA) is 68.3 Å². The number of esters is 1. The number of carbonyl (C=O) groups excluding carboxylic acids is 2. The van der Waals surface area contributed by atoms with Crippen molar-refractivity contribution in [1.82, 2.24) is 4.98 Å². The van der Waals surface area contributed by atoms with Gasteiger partial charge in [0, 0.05) is 21.1 Å². The molecule has 9 heteroatoms. The molecule has 1 N–H and O–H groups in total. The number of anilines is 1. The molecule has 5 nitrogen and oxygen atoms in total. The predicted octanol–water partition coefficient (Wildman–Crippen LogP) is 5.74. The average Bonchev–Trinajstić information content (AvgIpc) is 3.17. The van der Waals surface area contributed by atoms with Gasteiger partial charge in [-0.15, -0.1) is 11.3 Å². The first-order chi connectivity index (χ1) is 13.5. The van der Waals surface area contributed by atoms with Crippen molar-refractivity contribution >= 4 is 68.2 Å². The number of rotatable bonds is 6. The highest BCUT2D eigenvalue weighted by atomic mass is 79.9. The number of aromatic nitrogens is 1. The smallest absolute Gasteiger partial charge is 0.339 e. The molecule has 1 heterocycles. The van der Waals surface area contributed by atoms with Crippen LogP contribution in [0.2, 0.25) is 5.02 Å². The molecule has 0 saturated heterocycles. The van der Waals surface area contributed by atoms with Gasteiger partial charge in [-0.05, 0) is 30.3 Å². The summed E-state index contributed by atoms with van der Waals surface area (Å²) in [5.41, 5.74) is 2.58. The number of benzene rings is 2. The summed E-state index contributed by atoms with van der Waals surface area (Å²) < 4.78 is 6.49. The molecule has 3 aromatic rings. The van der Waals surface area contributed by atoms with Gasteiger partial charge in [-0.1, -0.05) is 51.4 Å². The number of thiazole rings is 1. The molecule has 144 valence electrons. The molecular formula is C19H14BrClN2O3S2. The Morgan fingerprint density at radius 2 is 2.00 bits per heavy atom. The molecule has 2 aromatic carbocycles. The fourth-order valence-corrected chi connectivity index (χ4v) is 4.36. The van der Waals surface area contributed by atoms with Crippen LogP contribution in [0.15, 0.2) is 56.7 Å². The van der Waals surface area contributed by atoms with E-state index in [1.807, 2.05) is 29.6 Å². The van der Waals surface area contributed by atoms with Gasteiger partial charge in [0.2, 0.25) is 5.91 Å². The zero-order valence-corrected chi connectivity index (χ0v) is 18.5. The van der Waals surface area contributed by atoms with Crippen LogP contribution >= 0.6 is 50.6 Å². The van der Waals surface area contributed by atoms with E-state index in [1.165, 1.54) is 36.3 Å². The lowest BCUT2D eigenvalue weighted by molar-refractivity contribution is -0.113. The third-order valence-corrected chi connectivity index (χ3v) is 6.48. The van der Waals surface area contributed by atoms with E-state index in [2.05, 4.69) is 31.0 Å². The molecule has 0 spiro atoms. The molecule has 0 bridgehead atoms. The second kappa shape index (κ2) is 9.56. The molecule has 0 aliphatic rings. The quantitative estimate of drug-likeness (QED) is 0.347. The number of ether oxygens (including phenoxy) is 1. The Labute approximate surface area is 183 Å². The van der Waals surface area contributed by atoms with E-state index in [9.17, 15) is 9.59 Å². The van der Waals surface area contributed by atoms with Crippen molar-refractivity contribution in [2.45, 2.75) is 4.34 Å². The van der Waals surface area contributed by atoms with Crippen molar-refractivity contribution in [3.8, 4) is 11.3 Å². The largest absolute Gasteiger partial charge is 0.465 e. The van der Waals surface area contributed by atoms with Crippen LogP contribution in [0.1, 0.15) is 10.4 Å². The van der Waals surface area contributed by atoms with Crippen LogP contribution < -0.4 is 5.32 Å². The second-order valence-corrected chi connectivity index (χ2v) is 8.93. The van der Waals surface area contributed by atoms with Crippen LogP contribution in [-0.4, -0.2) is 29.7 Å². The number of hydrogen-bond acceptors (Lipinski definition) is 6. The lowest BCUT2D eigenvalue weighted by atomic mass is 10.2. The van der Waals surface area contributed by atoms with Crippen LogP contribution in [0.25, 0.3) is 11.3 Å². The third kappa shape index (κ3) is 5.35. The van der Waals surface area contributed by atoms with E-state index in [0.717, 1.165) is 20.1 Å². The predicted molar refractivity (Wildman–Crippen MR) is 117 cm³/mol. The van der Waals surface area contributed by atoms with Gasteiger partial charge < -0.3 is 10.1 Å². The Kier molecular flexibility index (Phi) is 7.12. The van der Waals surface area contributed by atoms with Gasteiger partial charge in [-0.3, -0.25) is 4.79 Å². The normalized spacial score (nSPS) is 10.5. The molecule has 0 unspecified atom stereocenters. The molecule has 0 atom stereocenters. The average molecular weight is 498 g/mol. The van der Waals surface area contributed by atoms with E-state index in [1.54, 1.807) is 12.1 Å². The Morgan fingerprint density at radius 3 is 2.71 bits per heavy atom. The van der Waals surface area contributed by atoms with E-state index >= 15 is 0 Å². The highest BCUT2D eigenvalue weighted by Gasteiger charge is 2.13. The van der Waals surface area contributed by atoms with Gasteiger partial charge in [-0.25, -0.2) is 9.78 Å². The van der Waals surface area contributed by atoms with Crippen LogP contribution in [-0.2, 0) is 9.53 Å². The lowest BCUT2D eigenvalue weighted by Gasteiger charge is -2.07. The summed E-state index contributed by atoms with van der Waals surface area (Å²) in [6.07, 6.45) is 0. The number of carbonyl (C=O) groups is 2. The summed E-state index contributed by atoms with van der Waals surface area (Å²) in [5.74, 6) is -0.564. The molecule has 28 heavy (non-hydrogen) atoms. The van der Waals surface area contributed by atoms with Crippen LogP contribution in [0.4, 0.5) is 5.69 Å². The molecule has 0 saturated carbocycles. The molecule has 0 aliphatic heterocycles. The fourth-order valence-electron chi connectivity index (χ4n) is 2.27. The highest BCUT2D eigenvalue weighted by Crippen LogP contribution is 2.29. The molecule has 1 aromatic heterocycles. The standard InChI is InChI=1S/C19H14BrClN2O3S2/c1-26-18(25)14-8-13(6-7-15(14)21)22-17(24)10-28-19-23-16(9-27-19)11-2-4-12(20)5-3-11/h2-9H,10H2,1H3,(H,22,24). The van der Waals surface area contributed by atoms with E-state index < -0.39 is 5.97 Å². The summed E-state index contributed by atoms with van der Waals surface area (Å²) in [6.45, 7) is 0. The number of hydrogen-bond donors (Lipinski definition) is 1. The first-order valence-electron chi connectivity index (χ1n) is 7.98. The Morgan fingerprint density at radius 1 is 1.25 bits per heavy atom. The number of thioether (sulfide) groups is 1. The first kappa shape index (κ1) is 20.9. The molecule has 3 rings (SSSR count). The molecule has 0 aliphatic carbocycles. The minimum atomic E-state index is -0.557. The Balaban J connectivity index is 1.59. The van der Waals surface area contributed by atoms with Crippen molar-refractivity contribution in [2.24, 2.45) is 0 Å². The maximum Gasteiger partial charge on any atom is 0.339 e. The Hall–Kier alpha value is -1.87. The minimum absolute atomic E-state index is 0.198.